The number of carbonyl (C=O) groups is 1. The van der Waals surface area contributed by atoms with E-state index in [0.717, 1.165) is 0 Å². The van der Waals surface area contributed by atoms with E-state index in [1.165, 1.54) is 0 Å². The van der Waals surface area contributed by atoms with Gasteiger partial charge in [-0.3, -0.25) is 4.79 Å². The van der Waals surface area contributed by atoms with Gasteiger partial charge in [0.25, 0.3) is 0 Å². The maximum Gasteiger partial charge on any atom is 0.463 e. The average Bonchev–Trinajstić information content (AvgIpc) is 2.48. The predicted molar refractivity (Wildman–Crippen MR) is 40.2 cm³/mol. The second kappa shape index (κ2) is 3.58. The van der Waals surface area contributed by atoms with Crippen LogP contribution in [0, 0.1) is 0 Å². The van der Waals surface area contributed by atoms with E-state index in [2.05, 4.69) is 0 Å². The molecule has 88 valence electrons. The van der Waals surface area contributed by atoms with Crippen molar-refractivity contribution >= 4 is 5.91 Å². The van der Waals surface area contributed by atoms with Gasteiger partial charge in [0.2, 0.25) is 0 Å². The molecular weight excluding hydrogens is 223 g/mol. The number of hydrogen-bond donors (Lipinski definition) is 1. The molecule has 1 aliphatic heterocycles. The van der Waals surface area contributed by atoms with Crippen molar-refractivity contribution in [2.75, 3.05) is 13.1 Å². The molecule has 0 aromatic rings. The van der Waals surface area contributed by atoms with E-state index in [1.807, 2.05) is 0 Å². The Balaban J connectivity index is 2.76. The molecular formula is C7H9F5N2O. The molecule has 1 heterocycles. The van der Waals surface area contributed by atoms with Gasteiger partial charge in [0, 0.05) is 19.1 Å². The first kappa shape index (κ1) is 12.2. The zero-order valence-corrected chi connectivity index (χ0v) is 7.52. The number of halogens is 5. The number of hydrogen-bond acceptors (Lipinski definition) is 2. The monoisotopic (exact) mass is 232 g/mol. The lowest BCUT2D eigenvalue weighted by atomic mass is 10.3. The molecule has 1 fully saturated rings. The number of rotatable bonds is 1. The van der Waals surface area contributed by atoms with Crippen LogP contribution in [0.4, 0.5) is 22.0 Å². The molecule has 0 spiro atoms. The van der Waals surface area contributed by atoms with Crippen LogP contribution in [0.3, 0.4) is 0 Å². The highest BCUT2D eigenvalue weighted by Crippen LogP contribution is 2.37. The van der Waals surface area contributed by atoms with Crippen molar-refractivity contribution in [3.63, 3.8) is 0 Å². The van der Waals surface area contributed by atoms with E-state index in [4.69, 9.17) is 5.73 Å². The van der Waals surface area contributed by atoms with Crippen LogP contribution in [0.25, 0.3) is 0 Å². The van der Waals surface area contributed by atoms with Crippen LogP contribution in [0.2, 0.25) is 0 Å². The van der Waals surface area contributed by atoms with Crippen LogP contribution < -0.4 is 5.73 Å². The molecule has 8 heteroatoms. The highest BCUT2D eigenvalue weighted by molar-refractivity contribution is 5.84. The predicted octanol–water partition coefficient (Wildman–Crippen LogP) is 0.744. The molecule has 0 unspecified atom stereocenters. The van der Waals surface area contributed by atoms with Gasteiger partial charge in [0.1, 0.15) is 0 Å². The summed E-state index contributed by atoms with van der Waals surface area (Å²) in [5.41, 5.74) is 5.30. The van der Waals surface area contributed by atoms with Gasteiger partial charge >= 0.3 is 18.0 Å². The van der Waals surface area contributed by atoms with Crippen molar-refractivity contribution in [3.05, 3.63) is 0 Å². The SMILES string of the molecule is N[C@H]1CCN(C(=O)C(F)(F)C(F)(F)F)C1. The van der Waals surface area contributed by atoms with Gasteiger partial charge in [-0.15, -0.1) is 0 Å². The minimum Gasteiger partial charge on any atom is -0.336 e. The lowest BCUT2D eigenvalue weighted by Gasteiger charge is -2.24. The summed E-state index contributed by atoms with van der Waals surface area (Å²) in [4.78, 5) is 11.3. The third kappa shape index (κ3) is 2.19. The molecule has 0 aromatic carbocycles. The fourth-order valence-electron chi connectivity index (χ4n) is 1.29. The Kier molecular flexibility index (Phi) is 2.90. The number of nitrogens with two attached hydrogens (primary N) is 1. The maximum atomic E-state index is 12.5. The van der Waals surface area contributed by atoms with Crippen LogP contribution in [0.15, 0.2) is 0 Å². The summed E-state index contributed by atoms with van der Waals surface area (Å²) in [7, 11) is 0. The van der Waals surface area contributed by atoms with Crippen molar-refractivity contribution in [3.8, 4) is 0 Å². The Labute approximate surface area is 82.0 Å². The summed E-state index contributed by atoms with van der Waals surface area (Å²) in [6, 6.07) is -0.530. The summed E-state index contributed by atoms with van der Waals surface area (Å²) in [5, 5.41) is 0. The van der Waals surface area contributed by atoms with E-state index in [9.17, 15) is 26.7 Å². The van der Waals surface area contributed by atoms with E-state index in [0.29, 0.717) is 4.90 Å². The van der Waals surface area contributed by atoms with Gasteiger partial charge < -0.3 is 10.6 Å². The molecule has 0 aromatic heterocycles. The summed E-state index contributed by atoms with van der Waals surface area (Å²) in [6.45, 7) is -0.420. The molecule has 0 bridgehead atoms. The summed E-state index contributed by atoms with van der Waals surface area (Å²) < 4.78 is 60.5. The minimum absolute atomic E-state index is 0.161. The van der Waals surface area contributed by atoms with Crippen LogP contribution in [0.5, 0.6) is 0 Å². The third-order valence-electron chi connectivity index (χ3n) is 2.14. The summed E-state index contributed by atoms with van der Waals surface area (Å²) >= 11 is 0. The van der Waals surface area contributed by atoms with Gasteiger partial charge in [-0.25, -0.2) is 0 Å². The van der Waals surface area contributed by atoms with E-state index in [-0.39, 0.29) is 19.5 Å². The zero-order valence-electron chi connectivity index (χ0n) is 7.52. The van der Waals surface area contributed by atoms with Gasteiger partial charge in [-0.05, 0) is 6.42 Å². The first-order chi connectivity index (χ1) is 6.66. The standard InChI is InChI=1S/C7H9F5N2O/c8-6(9,7(10,11)12)5(15)14-2-1-4(13)3-14/h4H,1-3,13H2/t4-/m0/s1. The number of carbonyl (C=O) groups excluding carboxylic acids is 1. The third-order valence-corrected chi connectivity index (χ3v) is 2.14. The molecule has 1 saturated heterocycles. The second-order valence-corrected chi connectivity index (χ2v) is 3.37. The van der Waals surface area contributed by atoms with Crippen molar-refractivity contribution in [1.82, 2.24) is 4.90 Å². The first-order valence-electron chi connectivity index (χ1n) is 4.15. The number of likely N-dealkylation sites (tertiary alicyclic amines) is 1. The van der Waals surface area contributed by atoms with E-state index >= 15 is 0 Å². The Morgan fingerprint density at radius 2 is 1.80 bits per heavy atom. The molecule has 0 radical (unpaired) electrons. The smallest absolute Gasteiger partial charge is 0.336 e. The number of amides is 1. The largest absolute Gasteiger partial charge is 0.463 e. The minimum atomic E-state index is -5.85. The quantitative estimate of drug-likeness (QED) is 0.678. The Morgan fingerprint density at radius 1 is 1.27 bits per heavy atom. The van der Waals surface area contributed by atoms with Crippen LogP contribution >= 0.6 is 0 Å². The molecule has 1 atom stereocenters. The lowest BCUT2D eigenvalue weighted by Crippen LogP contribution is -2.51. The fraction of sp³-hybridized carbons (Fsp3) is 0.857. The molecule has 0 saturated carbocycles. The molecule has 2 N–H and O–H groups in total. The molecule has 3 nitrogen and oxygen atoms in total. The molecule has 15 heavy (non-hydrogen) atoms. The van der Waals surface area contributed by atoms with Gasteiger partial charge in [-0.1, -0.05) is 0 Å². The van der Waals surface area contributed by atoms with Gasteiger partial charge in [0.15, 0.2) is 0 Å². The summed E-state index contributed by atoms with van der Waals surface area (Å²) in [5.74, 6) is -7.54. The number of nitrogens with zero attached hydrogens (tertiary/aromatic N) is 1. The molecule has 1 aliphatic rings. The van der Waals surface area contributed by atoms with Crippen molar-refractivity contribution in [1.29, 1.82) is 0 Å². The lowest BCUT2D eigenvalue weighted by molar-refractivity contribution is -0.274. The topological polar surface area (TPSA) is 46.3 Å². The van der Waals surface area contributed by atoms with Crippen LogP contribution in [0.1, 0.15) is 6.42 Å². The summed E-state index contributed by atoms with van der Waals surface area (Å²) in [6.07, 6.45) is -5.61. The average molecular weight is 232 g/mol. The van der Waals surface area contributed by atoms with Gasteiger partial charge in [0.05, 0.1) is 0 Å². The highest BCUT2D eigenvalue weighted by Gasteiger charge is 2.64. The molecule has 0 aliphatic carbocycles. The van der Waals surface area contributed by atoms with E-state index in [1.54, 1.807) is 0 Å². The Hall–Kier alpha value is -0.920. The van der Waals surface area contributed by atoms with Gasteiger partial charge in [-0.2, -0.15) is 22.0 Å². The van der Waals surface area contributed by atoms with Crippen LogP contribution in [-0.2, 0) is 4.79 Å². The van der Waals surface area contributed by atoms with Crippen molar-refractivity contribution in [2.24, 2.45) is 5.73 Å². The second-order valence-electron chi connectivity index (χ2n) is 3.37. The van der Waals surface area contributed by atoms with E-state index < -0.39 is 24.0 Å². The van der Waals surface area contributed by atoms with Crippen molar-refractivity contribution in [2.45, 2.75) is 24.6 Å². The normalized spacial score (nSPS) is 23.3. The van der Waals surface area contributed by atoms with Crippen LogP contribution in [-0.4, -0.2) is 42.0 Å². The molecule has 1 amide bonds. The number of alkyl halides is 5. The maximum absolute atomic E-state index is 12.5. The highest BCUT2D eigenvalue weighted by atomic mass is 19.4. The Morgan fingerprint density at radius 3 is 2.13 bits per heavy atom. The molecule has 1 rings (SSSR count). The Bertz CT molecular complexity index is 265. The fourth-order valence-corrected chi connectivity index (χ4v) is 1.29. The zero-order chi connectivity index (χ0) is 11.9. The first-order valence-corrected chi connectivity index (χ1v) is 4.15. The van der Waals surface area contributed by atoms with Crippen molar-refractivity contribution < 1.29 is 26.7 Å².